The zero-order valence-electron chi connectivity index (χ0n) is 12.8. The first-order valence-corrected chi connectivity index (χ1v) is 8.96. The topological polar surface area (TPSA) is 66.9 Å². The van der Waals surface area contributed by atoms with E-state index >= 15 is 0 Å². The van der Waals surface area contributed by atoms with Crippen molar-refractivity contribution in [1.82, 2.24) is 9.80 Å². The minimum absolute atomic E-state index is 0.00387. The number of carbonyl (C=O) groups excluding carboxylic acids is 1. The van der Waals surface area contributed by atoms with Crippen LogP contribution in [-0.4, -0.2) is 76.3 Å². The predicted octanol–water partition coefficient (Wildman–Crippen LogP) is 0.251. The lowest BCUT2D eigenvalue weighted by atomic mass is 10.4. The van der Waals surface area contributed by atoms with E-state index < -0.39 is 9.84 Å². The smallest absolute Gasteiger partial charge is 0.236 e. The van der Waals surface area contributed by atoms with Crippen LogP contribution >= 0.6 is 0 Å². The van der Waals surface area contributed by atoms with Crippen LogP contribution in [0.15, 0.2) is 35.2 Å². The molecule has 122 valence electrons. The van der Waals surface area contributed by atoms with Crippen LogP contribution in [-0.2, 0) is 19.4 Å². The van der Waals surface area contributed by atoms with Gasteiger partial charge in [0.2, 0.25) is 5.91 Å². The molecule has 1 aliphatic heterocycles. The van der Waals surface area contributed by atoms with Crippen LogP contribution in [0.2, 0.25) is 0 Å². The largest absolute Gasteiger partial charge is 0.378 e. The maximum absolute atomic E-state index is 12.2. The van der Waals surface area contributed by atoms with Crippen LogP contribution in [0.5, 0.6) is 0 Å². The minimum atomic E-state index is -3.30. The molecular formula is C15H22N2O4S. The third kappa shape index (κ3) is 4.79. The molecule has 0 radical (unpaired) electrons. The summed E-state index contributed by atoms with van der Waals surface area (Å²) in [6.45, 7) is 2.90. The molecule has 0 unspecified atom stereocenters. The van der Waals surface area contributed by atoms with Crippen LogP contribution in [0, 0.1) is 0 Å². The minimum Gasteiger partial charge on any atom is -0.378 e. The highest BCUT2D eigenvalue weighted by atomic mass is 32.2. The Balaban J connectivity index is 1.82. The highest BCUT2D eigenvalue weighted by molar-refractivity contribution is 7.91. The van der Waals surface area contributed by atoms with Gasteiger partial charge in [0.1, 0.15) is 0 Å². The Bertz CT molecular complexity index is 583. The number of hydrogen-bond donors (Lipinski definition) is 0. The molecule has 1 fully saturated rings. The van der Waals surface area contributed by atoms with Gasteiger partial charge in [0.05, 0.1) is 30.4 Å². The Morgan fingerprint density at radius 2 is 1.86 bits per heavy atom. The number of hydrogen-bond acceptors (Lipinski definition) is 5. The molecule has 6 nitrogen and oxygen atoms in total. The van der Waals surface area contributed by atoms with Gasteiger partial charge in [-0.25, -0.2) is 8.42 Å². The lowest BCUT2D eigenvalue weighted by molar-refractivity contribution is -0.136. The number of rotatable bonds is 6. The van der Waals surface area contributed by atoms with Crippen molar-refractivity contribution in [3.05, 3.63) is 30.3 Å². The summed E-state index contributed by atoms with van der Waals surface area (Å²) < 4.78 is 29.6. The fraction of sp³-hybridized carbons (Fsp3) is 0.533. The number of amides is 1. The van der Waals surface area contributed by atoms with Gasteiger partial charge in [-0.3, -0.25) is 9.69 Å². The lowest BCUT2D eigenvalue weighted by Gasteiger charge is -2.28. The van der Waals surface area contributed by atoms with Crippen molar-refractivity contribution in [1.29, 1.82) is 0 Å². The monoisotopic (exact) mass is 326 g/mol. The van der Waals surface area contributed by atoms with E-state index in [9.17, 15) is 13.2 Å². The fourth-order valence-corrected chi connectivity index (χ4v) is 3.60. The molecule has 1 saturated heterocycles. The van der Waals surface area contributed by atoms with Crippen LogP contribution in [0.1, 0.15) is 0 Å². The second-order valence-corrected chi connectivity index (χ2v) is 7.47. The average Bonchev–Trinajstić information content (AvgIpc) is 2.55. The van der Waals surface area contributed by atoms with E-state index in [1.54, 1.807) is 47.2 Å². The standard InChI is InChI=1S/C15H22N2O4S/c1-16(13-15(18)17-7-10-21-11-8-17)9-12-22(19,20)14-5-3-2-4-6-14/h2-6H,7-13H2,1H3. The van der Waals surface area contributed by atoms with E-state index in [1.807, 2.05) is 0 Å². The first kappa shape index (κ1) is 16.9. The molecule has 1 aromatic rings. The molecule has 1 aromatic carbocycles. The quantitative estimate of drug-likeness (QED) is 0.750. The molecule has 0 bridgehead atoms. The van der Waals surface area contributed by atoms with E-state index in [-0.39, 0.29) is 18.2 Å². The van der Waals surface area contributed by atoms with Crippen LogP contribution in [0.4, 0.5) is 0 Å². The second kappa shape index (κ2) is 7.71. The summed E-state index contributed by atoms with van der Waals surface area (Å²) >= 11 is 0. The molecule has 1 amide bonds. The Hall–Kier alpha value is -1.44. The van der Waals surface area contributed by atoms with E-state index in [4.69, 9.17) is 4.74 Å². The van der Waals surface area contributed by atoms with Gasteiger partial charge in [0, 0.05) is 19.6 Å². The van der Waals surface area contributed by atoms with Gasteiger partial charge in [-0.2, -0.15) is 0 Å². The summed E-state index contributed by atoms with van der Waals surface area (Å²) in [6.07, 6.45) is 0. The van der Waals surface area contributed by atoms with Gasteiger partial charge < -0.3 is 9.64 Å². The second-order valence-electron chi connectivity index (χ2n) is 5.36. The Morgan fingerprint density at radius 3 is 2.50 bits per heavy atom. The molecule has 0 spiro atoms. The van der Waals surface area contributed by atoms with Crippen LogP contribution in [0.25, 0.3) is 0 Å². The van der Waals surface area contributed by atoms with Crippen molar-refractivity contribution in [2.75, 3.05) is 52.2 Å². The number of ether oxygens (including phenoxy) is 1. The van der Waals surface area contributed by atoms with E-state index in [2.05, 4.69) is 0 Å². The van der Waals surface area contributed by atoms with Gasteiger partial charge in [0.15, 0.2) is 9.84 Å². The molecule has 0 aliphatic carbocycles. The Morgan fingerprint density at radius 1 is 1.23 bits per heavy atom. The van der Waals surface area contributed by atoms with E-state index in [0.29, 0.717) is 37.7 Å². The Kier molecular flexibility index (Phi) is 5.93. The molecule has 1 heterocycles. The van der Waals surface area contributed by atoms with Crippen molar-refractivity contribution in [3.63, 3.8) is 0 Å². The molecular weight excluding hydrogens is 304 g/mol. The molecule has 0 N–H and O–H groups in total. The average molecular weight is 326 g/mol. The highest BCUT2D eigenvalue weighted by Crippen LogP contribution is 2.10. The van der Waals surface area contributed by atoms with E-state index in [1.165, 1.54) is 0 Å². The normalized spacial score (nSPS) is 16.0. The summed E-state index contributed by atoms with van der Waals surface area (Å²) in [5.41, 5.74) is 0. The number of carbonyl (C=O) groups is 1. The zero-order valence-corrected chi connectivity index (χ0v) is 13.6. The van der Waals surface area contributed by atoms with Crippen LogP contribution in [0.3, 0.4) is 0 Å². The number of sulfone groups is 1. The molecule has 1 aliphatic rings. The lowest BCUT2D eigenvalue weighted by Crippen LogP contribution is -2.45. The SMILES string of the molecule is CN(CCS(=O)(=O)c1ccccc1)CC(=O)N1CCOCC1. The maximum Gasteiger partial charge on any atom is 0.236 e. The molecule has 7 heteroatoms. The van der Waals surface area contributed by atoms with Crippen LogP contribution < -0.4 is 0 Å². The number of morpholine rings is 1. The molecule has 2 rings (SSSR count). The molecule has 22 heavy (non-hydrogen) atoms. The zero-order chi connectivity index (χ0) is 16.0. The number of benzene rings is 1. The van der Waals surface area contributed by atoms with Gasteiger partial charge in [-0.05, 0) is 19.2 Å². The maximum atomic E-state index is 12.2. The van der Waals surface area contributed by atoms with Gasteiger partial charge in [-0.1, -0.05) is 18.2 Å². The first-order valence-electron chi connectivity index (χ1n) is 7.31. The van der Waals surface area contributed by atoms with Crippen molar-refractivity contribution in [2.24, 2.45) is 0 Å². The summed E-state index contributed by atoms with van der Waals surface area (Å²) in [5.74, 6) is 0.0205. The summed E-state index contributed by atoms with van der Waals surface area (Å²) in [7, 11) is -1.54. The van der Waals surface area contributed by atoms with Gasteiger partial charge >= 0.3 is 0 Å². The van der Waals surface area contributed by atoms with E-state index in [0.717, 1.165) is 0 Å². The fourth-order valence-electron chi connectivity index (χ4n) is 2.24. The Labute approximate surface area is 131 Å². The van der Waals surface area contributed by atoms with Gasteiger partial charge in [0.25, 0.3) is 0 Å². The number of likely N-dealkylation sites (N-methyl/N-ethyl adjacent to an activating group) is 1. The molecule has 0 atom stereocenters. The summed E-state index contributed by atoms with van der Waals surface area (Å²) in [4.78, 5) is 15.9. The summed E-state index contributed by atoms with van der Waals surface area (Å²) in [6, 6.07) is 8.38. The van der Waals surface area contributed by atoms with Crippen molar-refractivity contribution >= 4 is 15.7 Å². The van der Waals surface area contributed by atoms with Gasteiger partial charge in [-0.15, -0.1) is 0 Å². The molecule has 0 aromatic heterocycles. The highest BCUT2D eigenvalue weighted by Gasteiger charge is 2.20. The summed E-state index contributed by atoms with van der Waals surface area (Å²) in [5, 5.41) is 0. The third-order valence-electron chi connectivity index (χ3n) is 3.61. The van der Waals surface area contributed by atoms with Crippen molar-refractivity contribution in [3.8, 4) is 0 Å². The molecule has 0 saturated carbocycles. The first-order chi connectivity index (χ1) is 10.5. The number of nitrogens with zero attached hydrogens (tertiary/aromatic N) is 2. The predicted molar refractivity (Wildman–Crippen MR) is 83.4 cm³/mol. The van der Waals surface area contributed by atoms with Crippen molar-refractivity contribution < 1.29 is 17.9 Å². The van der Waals surface area contributed by atoms with Crippen molar-refractivity contribution in [2.45, 2.75) is 4.90 Å². The third-order valence-corrected chi connectivity index (χ3v) is 5.32.